The number of hydrogen-bond donors (Lipinski definition) is 0. The van der Waals surface area contributed by atoms with Gasteiger partial charge in [0.2, 0.25) is 0 Å². The highest BCUT2D eigenvalue weighted by molar-refractivity contribution is 14.1. The van der Waals surface area contributed by atoms with Gasteiger partial charge in [0, 0.05) is 3.57 Å². The lowest BCUT2D eigenvalue weighted by Gasteiger charge is -2.15. The van der Waals surface area contributed by atoms with Crippen LogP contribution in [0.25, 0.3) is 10.8 Å². The second kappa shape index (κ2) is 5.86. The molecular weight excluding hydrogens is 423 g/mol. The molecule has 100 valence electrons. The highest BCUT2D eigenvalue weighted by Crippen LogP contribution is 2.36. The zero-order valence-electron chi connectivity index (χ0n) is 11.1. The van der Waals surface area contributed by atoms with E-state index < -0.39 is 0 Å². The Balaban J connectivity index is 2.17. The number of halogens is 2. The molecule has 0 N–H and O–H groups in total. The van der Waals surface area contributed by atoms with Crippen molar-refractivity contribution in [3.8, 4) is 0 Å². The number of alkyl halides is 1. The lowest BCUT2D eigenvalue weighted by Crippen LogP contribution is -1.95. The molecule has 0 aromatic heterocycles. The van der Waals surface area contributed by atoms with Gasteiger partial charge in [-0.25, -0.2) is 0 Å². The van der Waals surface area contributed by atoms with E-state index in [0.29, 0.717) is 0 Å². The lowest BCUT2D eigenvalue weighted by atomic mass is 9.96. The van der Waals surface area contributed by atoms with Crippen LogP contribution < -0.4 is 0 Å². The summed E-state index contributed by atoms with van der Waals surface area (Å²) in [5.41, 5.74) is 3.95. The second-order valence-electron chi connectivity index (χ2n) is 4.93. The fourth-order valence-electron chi connectivity index (χ4n) is 2.54. The number of aryl methyl sites for hydroxylation is 1. The van der Waals surface area contributed by atoms with Crippen LogP contribution in [0.3, 0.4) is 0 Å². The van der Waals surface area contributed by atoms with Gasteiger partial charge < -0.3 is 0 Å². The average molecular weight is 437 g/mol. The van der Waals surface area contributed by atoms with Crippen LogP contribution in [0, 0.1) is 10.5 Å². The molecule has 0 nitrogen and oxygen atoms in total. The number of benzene rings is 3. The molecular formula is C18H14BrI. The van der Waals surface area contributed by atoms with Crippen LogP contribution in [0.4, 0.5) is 0 Å². The summed E-state index contributed by atoms with van der Waals surface area (Å²) in [5.74, 6) is 0. The monoisotopic (exact) mass is 436 g/mol. The van der Waals surface area contributed by atoms with Crippen LogP contribution in [0.15, 0.2) is 60.7 Å². The van der Waals surface area contributed by atoms with Gasteiger partial charge in [-0.05, 0) is 69.1 Å². The van der Waals surface area contributed by atoms with E-state index in [1.807, 2.05) is 0 Å². The van der Waals surface area contributed by atoms with Crippen LogP contribution >= 0.6 is 38.5 Å². The Labute approximate surface area is 141 Å². The van der Waals surface area contributed by atoms with Crippen molar-refractivity contribution in [1.29, 1.82) is 0 Å². The molecule has 0 heterocycles. The highest BCUT2D eigenvalue weighted by atomic mass is 127. The summed E-state index contributed by atoms with van der Waals surface area (Å²) in [6.07, 6.45) is 0. The predicted molar refractivity (Wildman–Crippen MR) is 98.6 cm³/mol. The van der Waals surface area contributed by atoms with Gasteiger partial charge in [0.25, 0.3) is 0 Å². The van der Waals surface area contributed by atoms with Crippen LogP contribution in [-0.4, -0.2) is 0 Å². The average Bonchev–Trinajstić information content (AvgIpc) is 2.47. The summed E-state index contributed by atoms with van der Waals surface area (Å²) in [6.45, 7) is 2.17. The van der Waals surface area contributed by atoms with Gasteiger partial charge >= 0.3 is 0 Å². The standard InChI is InChI=1S/C18H14BrI/c1-12-9-10-17(16-8-3-2-7-15(12)16)18(19)13-5-4-6-14(20)11-13/h2-11,18H,1H3. The molecule has 1 atom stereocenters. The van der Waals surface area contributed by atoms with Crippen molar-refractivity contribution in [2.24, 2.45) is 0 Å². The van der Waals surface area contributed by atoms with E-state index in [0.717, 1.165) is 0 Å². The van der Waals surface area contributed by atoms with Gasteiger partial charge in [-0.15, -0.1) is 0 Å². The summed E-state index contributed by atoms with van der Waals surface area (Å²) in [6, 6.07) is 21.7. The van der Waals surface area contributed by atoms with Crippen molar-refractivity contribution >= 4 is 49.3 Å². The van der Waals surface area contributed by atoms with Crippen molar-refractivity contribution in [1.82, 2.24) is 0 Å². The van der Waals surface area contributed by atoms with E-state index in [-0.39, 0.29) is 4.83 Å². The molecule has 0 radical (unpaired) electrons. The maximum absolute atomic E-state index is 3.87. The number of hydrogen-bond acceptors (Lipinski definition) is 0. The van der Waals surface area contributed by atoms with Crippen molar-refractivity contribution in [3.63, 3.8) is 0 Å². The summed E-state index contributed by atoms with van der Waals surface area (Å²) >= 11 is 6.23. The fourth-order valence-corrected chi connectivity index (χ4v) is 3.79. The van der Waals surface area contributed by atoms with E-state index in [1.165, 1.54) is 31.0 Å². The van der Waals surface area contributed by atoms with Gasteiger partial charge in [-0.2, -0.15) is 0 Å². The number of rotatable bonds is 2. The molecule has 0 saturated carbocycles. The molecule has 2 heteroatoms. The fraction of sp³-hybridized carbons (Fsp3) is 0.111. The van der Waals surface area contributed by atoms with Crippen LogP contribution in [0.2, 0.25) is 0 Å². The lowest BCUT2D eigenvalue weighted by molar-refractivity contribution is 1.19. The molecule has 0 spiro atoms. The molecule has 1 unspecified atom stereocenters. The minimum Gasteiger partial charge on any atom is -0.0786 e. The van der Waals surface area contributed by atoms with Gasteiger partial charge in [0.15, 0.2) is 0 Å². The van der Waals surface area contributed by atoms with Crippen molar-refractivity contribution in [2.75, 3.05) is 0 Å². The second-order valence-corrected chi connectivity index (χ2v) is 7.10. The first-order valence-electron chi connectivity index (χ1n) is 6.54. The molecule has 0 aliphatic heterocycles. The molecule has 0 aliphatic rings. The Kier molecular flexibility index (Phi) is 4.13. The molecule has 0 amide bonds. The molecule has 0 bridgehead atoms. The predicted octanol–water partition coefficient (Wildman–Crippen LogP) is 6.24. The third-order valence-electron chi connectivity index (χ3n) is 3.59. The van der Waals surface area contributed by atoms with Gasteiger partial charge in [0.05, 0.1) is 4.83 Å². The molecule has 0 fully saturated rings. The minimum atomic E-state index is 0.225. The Morgan fingerprint density at radius 2 is 1.65 bits per heavy atom. The molecule has 0 saturated heterocycles. The van der Waals surface area contributed by atoms with E-state index in [1.54, 1.807) is 0 Å². The van der Waals surface area contributed by atoms with E-state index in [4.69, 9.17) is 0 Å². The van der Waals surface area contributed by atoms with Crippen molar-refractivity contribution in [3.05, 3.63) is 80.9 Å². The Bertz CT molecular complexity index is 764. The highest BCUT2D eigenvalue weighted by Gasteiger charge is 2.14. The topological polar surface area (TPSA) is 0 Å². The Morgan fingerprint density at radius 3 is 2.40 bits per heavy atom. The largest absolute Gasteiger partial charge is 0.0786 e. The zero-order chi connectivity index (χ0) is 14.1. The smallest absolute Gasteiger partial charge is 0.0650 e. The van der Waals surface area contributed by atoms with Gasteiger partial charge in [-0.1, -0.05) is 64.5 Å². The van der Waals surface area contributed by atoms with Gasteiger partial charge in [-0.3, -0.25) is 0 Å². The van der Waals surface area contributed by atoms with Crippen LogP contribution in [-0.2, 0) is 0 Å². The van der Waals surface area contributed by atoms with E-state index >= 15 is 0 Å². The van der Waals surface area contributed by atoms with Gasteiger partial charge in [0.1, 0.15) is 0 Å². The third kappa shape index (κ3) is 2.63. The summed E-state index contributed by atoms with van der Waals surface area (Å²) in [4.78, 5) is 0.225. The van der Waals surface area contributed by atoms with E-state index in [2.05, 4.69) is 106 Å². The minimum absolute atomic E-state index is 0.225. The first-order valence-corrected chi connectivity index (χ1v) is 8.54. The first kappa shape index (κ1) is 14.1. The summed E-state index contributed by atoms with van der Waals surface area (Å²) in [5, 5.41) is 2.66. The van der Waals surface area contributed by atoms with Crippen LogP contribution in [0.5, 0.6) is 0 Å². The molecule has 3 aromatic rings. The first-order chi connectivity index (χ1) is 9.66. The molecule has 3 aromatic carbocycles. The summed E-state index contributed by atoms with van der Waals surface area (Å²) in [7, 11) is 0. The Morgan fingerprint density at radius 1 is 0.900 bits per heavy atom. The van der Waals surface area contributed by atoms with Crippen LogP contribution in [0.1, 0.15) is 21.5 Å². The molecule has 0 aliphatic carbocycles. The maximum atomic E-state index is 3.87. The molecule has 3 rings (SSSR count). The Hall–Kier alpha value is -0.870. The third-order valence-corrected chi connectivity index (χ3v) is 5.28. The zero-order valence-corrected chi connectivity index (χ0v) is 14.9. The number of fused-ring (bicyclic) bond motifs is 1. The SMILES string of the molecule is Cc1ccc(C(Br)c2cccc(I)c2)c2ccccc12. The summed E-state index contributed by atoms with van der Waals surface area (Å²) < 4.78 is 1.26. The van der Waals surface area contributed by atoms with Crippen molar-refractivity contribution in [2.45, 2.75) is 11.8 Å². The van der Waals surface area contributed by atoms with E-state index in [9.17, 15) is 0 Å². The quantitative estimate of drug-likeness (QED) is 0.329. The van der Waals surface area contributed by atoms with Crippen molar-refractivity contribution < 1.29 is 0 Å². The normalized spacial score (nSPS) is 12.6. The maximum Gasteiger partial charge on any atom is 0.0650 e. The molecule has 20 heavy (non-hydrogen) atoms.